The summed E-state index contributed by atoms with van der Waals surface area (Å²) in [5.41, 5.74) is 3.31. The molecule has 1 N–H and O–H groups in total. The number of nitrogens with one attached hydrogen (secondary N) is 1. The number of amides is 3. The van der Waals surface area contributed by atoms with Gasteiger partial charge in [0.15, 0.2) is 0 Å². The standard InChI is InChI=1S/C23H30N4O2/c1-3-19-9-11-20(12-10-19)17-25(2)18-22(28)26-13-15-27(16-14-26)23(29)24-21-7-5-4-6-8-21/h4-12H,3,13-18H2,1-2H3,(H,24,29). The van der Waals surface area contributed by atoms with Crippen LogP contribution < -0.4 is 5.32 Å². The number of para-hydroxylation sites is 1. The average molecular weight is 395 g/mol. The highest BCUT2D eigenvalue weighted by Crippen LogP contribution is 2.10. The van der Waals surface area contributed by atoms with Crippen molar-refractivity contribution in [2.75, 3.05) is 45.1 Å². The van der Waals surface area contributed by atoms with Gasteiger partial charge < -0.3 is 15.1 Å². The van der Waals surface area contributed by atoms with Crippen molar-refractivity contribution in [2.24, 2.45) is 0 Å². The molecule has 2 aromatic carbocycles. The summed E-state index contributed by atoms with van der Waals surface area (Å²) < 4.78 is 0. The van der Waals surface area contributed by atoms with Crippen molar-refractivity contribution in [3.63, 3.8) is 0 Å². The summed E-state index contributed by atoms with van der Waals surface area (Å²) in [5, 5.41) is 2.90. The van der Waals surface area contributed by atoms with Crippen molar-refractivity contribution in [1.29, 1.82) is 0 Å². The third-order valence-electron chi connectivity index (χ3n) is 5.23. The molecule has 0 radical (unpaired) electrons. The summed E-state index contributed by atoms with van der Waals surface area (Å²) >= 11 is 0. The van der Waals surface area contributed by atoms with Gasteiger partial charge in [-0.25, -0.2) is 4.79 Å². The average Bonchev–Trinajstić information content (AvgIpc) is 2.75. The third kappa shape index (κ3) is 6.06. The van der Waals surface area contributed by atoms with Crippen LogP contribution in [-0.4, -0.2) is 66.4 Å². The maximum Gasteiger partial charge on any atom is 0.321 e. The smallest absolute Gasteiger partial charge is 0.321 e. The summed E-state index contributed by atoms with van der Waals surface area (Å²) in [6.45, 7) is 5.51. The van der Waals surface area contributed by atoms with Crippen molar-refractivity contribution in [3.05, 3.63) is 65.7 Å². The Bertz CT molecular complexity index is 799. The number of aryl methyl sites for hydroxylation is 1. The van der Waals surface area contributed by atoms with Gasteiger partial charge in [-0.05, 0) is 36.7 Å². The Kier molecular flexibility index (Phi) is 7.25. The molecule has 1 aliphatic heterocycles. The van der Waals surface area contributed by atoms with Crippen LogP contribution in [0, 0.1) is 0 Å². The molecule has 2 aromatic rings. The van der Waals surface area contributed by atoms with E-state index in [1.807, 2.05) is 47.2 Å². The molecular weight excluding hydrogens is 364 g/mol. The van der Waals surface area contributed by atoms with Crippen LogP contribution in [0.15, 0.2) is 54.6 Å². The Morgan fingerprint density at radius 1 is 0.897 bits per heavy atom. The maximum absolute atomic E-state index is 12.6. The number of hydrogen-bond acceptors (Lipinski definition) is 3. The van der Waals surface area contributed by atoms with Crippen LogP contribution >= 0.6 is 0 Å². The molecule has 1 heterocycles. The van der Waals surface area contributed by atoms with E-state index in [0.29, 0.717) is 32.7 Å². The number of anilines is 1. The lowest BCUT2D eigenvalue weighted by molar-refractivity contribution is -0.133. The summed E-state index contributed by atoms with van der Waals surface area (Å²) in [7, 11) is 1.97. The number of piperazine rings is 1. The van der Waals surface area contributed by atoms with Crippen molar-refractivity contribution < 1.29 is 9.59 Å². The molecule has 0 aromatic heterocycles. The molecule has 0 spiro atoms. The van der Waals surface area contributed by atoms with Gasteiger partial charge in [0.2, 0.25) is 5.91 Å². The lowest BCUT2D eigenvalue weighted by Gasteiger charge is -2.35. The molecule has 1 fully saturated rings. The van der Waals surface area contributed by atoms with Crippen LogP contribution in [0.4, 0.5) is 10.5 Å². The zero-order valence-electron chi connectivity index (χ0n) is 17.3. The number of nitrogens with zero attached hydrogens (tertiary/aromatic N) is 3. The van der Waals surface area contributed by atoms with Crippen LogP contribution in [0.25, 0.3) is 0 Å². The van der Waals surface area contributed by atoms with Gasteiger partial charge in [-0.3, -0.25) is 9.69 Å². The first-order valence-corrected chi connectivity index (χ1v) is 10.2. The number of carbonyl (C=O) groups is 2. The van der Waals surface area contributed by atoms with Crippen LogP contribution in [0.1, 0.15) is 18.1 Å². The number of likely N-dealkylation sites (N-methyl/N-ethyl adjacent to an activating group) is 1. The van der Waals surface area contributed by atoms with E-state index in [9.17, 15) is 9.59 Å². The Balaban J connectivity index is 1.42. The molecule has 6 nitrogen and oxygen atoms in total. The number of carbonyl (C=O) groups excluding carboxylic acids is 2. The van der Waals surface area contributed by atoms with E-state index in [1.165, 1.54) is 11.1 Å². The molecular formula is C23H30N4O2. The molecule has 29 heavy (non-hydrogen) atoms. The normalized spacial score (nSPS) is 14.2. The second kappa shape index (κ2) is 10.1. The van der Waals surface area contributed by atoms with E-state index in [2.05, 4.69) is 36.5 Å². The lowest BCUT2D eigenvalue weighted by atomic mass is 10.1. The largest absolute Gasteiger partial charge is 0.338 e. The zero-order valence-corrected chi connectivity index (χ0v) is 17.3. The molecule has 0 aliphatic carbocycles. The van der Waals surface area contributed by atoms with Crippen molar-refractivity contribution in [2.45, 2.75) is 19.9 Å². The molecule has 3 amide bonds. The van der Waals surface area contributed by atoms with Crippen molar-refractivity contribution in [3.8, 4) is 0 Å². The minimum atomic E-state index is -0.115. The van der Waals surface area contributed by atoms with Crippen molar-refractivity contribution in [1.82, 2.24) is 14.7 Å². The van der Waals surface area contributed by atoms with E-state index >= 15 is 0 Å². The first-order chi connectivity index (χ1) is 14.0. The zero-order chi connectivity index (χ0) is 20.6. The highest BCUT2D eigenvalue weighted by Gasteiger charge is 2.24. The Morgan fingerprint density at radius 2 is 1.48 bits per heavy atom. The van der Waals surface area contributed by atoms with Gasteiger partial charge in [-0.1, -0.05) is 49.4 Å². The summed E-state index contributed by atoms with van der Waals surface area (Å²) in [4.78, 5) is 30.7. The van der Waals surface area contributed by atoms with Crippen LogP contribution in [0.2, 0.25) is 0 Å². The second-order valence-electron chi connectivity index (χ2n) is 7.51. The van der Waals surface area contributed by atoms with Gasteiger partial charge in [0, 0.05) is 38.4 Å². The molecule has 1 aliphatic rings. The highest BCUT2D eigenvalue weighted by atomic mass is 16.2. The minimum absolute atomic E-state index is 0.112. The van der Waals surface area contributed by atoms with Crippen LogP contribution in [0.5, 0.6) is 0 Å². The minimum Gasteiger partial charge on any atom is -0.338 e. The van der Waals surface area contributed by atoms with Gasteiger partial charge in [-0.15, -0.1) is 0 Å². The number of urea groups is 1. The van der Waals surface area contributed by atoms with Gasteiger partial charge in [0.1, 0.15) is 0 Å². The predicted molar refractivity (Wildman–Crippen MR) is 116 cm³/mol. The molecule has 0 saturated carbocycles. The molecule has 3 rings (SSSR count). The second-order valence-corrected chi connectivity index (χ2v) is 7.51. The summed E-state index contributed by atoms with van der Waals surface area (Å²) in [6, 6.07) is 17.9. The van der Waals surface area contributed by atoms with Crippen LogP contribution in [0.3, 0.4) is 0 Å². The van der Waals surface area contributed by atoms with Crippen LogP contribution in [-0.2, 0) is 17.8 Å². The monoisotopic (exact) mass is 394 g/mol. The molecule has 0 atom stereocenters. The van der Waals surface area contributed by atoms with Crippen molar-refractivity contribution >= 4 is 17.6 Å². The number of benzene rings is 2. The van der Waals surface area contributed by atoms with E-state index in [4.69, 9.17) is 0 Å². The molecule has 154 valence electrons. The first-order valence-electron chi connectivity index (χ1n) is 10.2. The van der Waals surface area contributed by atoms with E-state index in [1.54, 1.807) is 4.90 Å². The fourth-order valence-electron chi connectivity index (χ4n) is 3.46. The molecule has 0 bridgehead atoms. The third-order valence-corrected chi connectivity index (χ3v) is 5.23. The summed E-state index contributed by atoms with van der Waals surface area (Å²) in [6.07, 6.45) is 1.03. The van der Waals surface area contributed by atoms with E-state index in [0.717, 1.165) is 18.7 Å². The first kappa shape index (κ1) is 20.9. The predicted octanol–water partition coefficient (Wildman–Crippen LogP) is 3.06. The van der Waals surface area contributed by atoms with Gasteiger partial charge in [0.25, 0.3) is 0 Å². The van der Waals surface area contributed by atoms with E-state index < -0.39 is 0 Å². The Hall–Kier alpha value is -2.86. The number of rotatable bonds is 6. The fourth-order valence-corrected chi connectivity index (χ4v) is 3.46. The quantitative estimate of drug-likeness (QED) is 0.819. The number of hydrogen-bond donors (Lipinski definition) is 1. The molecule has 6 heteroatoms. The fraction of sp³-hybridized carbons (Fsp3) is 0.391. The highest BCUT2D eigenvalue weighted by molar-refractivity contribution is 5.89. The van der Waals surface area contributed by atoms with Gasteiger partial charge >= 0.3 is 6.03 Å². The SMILES string of the molecule is CCc1ccc(CN(C)CC(=O)N2CCN(C(=O)Nc3ccccc3)CC2)cc1. The lowest BCUT2D eigenvalue weighted by Crippen LogP contribution is -2.53. The Labute approximate surface area is 173 Å². The molecule has 1 saturated heterocycles. The molecule has 0 unspecified atom stereocenters. The topological polar surface area (TPSA) is 55.9 Å². The summed E-state index contributed by atoms with van der Waals surface area (Å²) in [5.74, 6) is 0.112. The Morgan fingerprint density at radius 3 is 2.10 bits per heavy atom. The van der Waals surface area contributed by atoms with Gasteiger partial charge in [0.05, 0.1) is 6.54 Å². The van der Waals surface area contributed by atoms with E-state index in [-0.39, 0.29) is 11.9 Å². The van der Waals surface area contributed by atoms with Gasteiger partial charge in [-0.2, -0.15) is 0 Å². The maximum atomic E-state index is 12.6.